The Morgan fingerprint density at radius 2 is 1.84 bits per heavy atom. The molecule has 38 heavy (non-hydrogen) atoms. The molecule has 1 spiro atoms. The van der Waals surface area contributed by atoms with Crippen LogP contribution >= 0.6 is 0 Å². The van der Waals surface area contributed by atoms with E-state index in [1.165, 1.54) is 17.0 Å². The van der Waals surface area contributed by atoms with Crippen LogP contribution in [0.1, 0.15) is 45.5 Å². The topological polar surface area (TPSA) is 78.8 Å². The maximum absolute atomic E-state index is 13.4. The number of hydrogen-bond donors (Lipinski definition) is 1. The number of rotatable bonds is 6. The minimum Gasteiger partial charge on any atom is -0.345 e. The number of quaternary nitrogens is 1. The molecule has 1 N–H and O–H groups in total. The molecular formula is C27H32F3N4O3S+. The van der Waals surface area contributed by atoms with Crippen LogP contribution in [0.15, 0.2) is 47.5 Å². The molecule has 2 heterocycles. The Morgan fingerprint density at radius 3 is 2.45 bits per heavy atom. The smallest absolute Gasteiger partial charge is 0.345 e. The second-order valence-electron chi connectivity index (χ2n) is 10.4. The van der Waals surface area contributed by atoms with Crippen molar-refractivity contribution in [2.45, 2.75) is 37.9 Å². The van der Waals surface area contributed by atoms with E-state index >= 15 is 0 Å². The van der Waals surface area contributed by atoms with E-state index in [0.717, 1.165) is 23.3 Å². The van der Waals surface area contributed by atoms with Crippen molar-refractivity contribution in [1.82, 2.24) is 10.2 Å². The van der Waals surface area contributed by atoms with Gasteiger partial charge >= 0.3 is 6.18 Å². The fourth-order valence-corrected chi connectivity index (χ4v) is 6.33. The number of alkyl halides is 3. The number of hydrogen-bond acceptors (Lipinski definition) is 4. The molecule has 7 nitrogen and oxygen atoms in total. The van der Waals surface area contributed by atoms with Gasteiger partial charge in [0.25, 0.3) is 11.8 Å². The van der Waals surface area contributed by atoms with E-state index < -0.39 is 28.3 Å². The molecule has 2 aliphatic heterocycles. The molecule has 0 radical (unpaired) electrons. The van der Waals surface area contributed by atoms with Gasteiger partial charge in [-0.05, 0) is 48.7 Å². The number of aliphatic imine (C=N–C) groups is 1. The van der Waals surface area contributed by atoms with E-state index in [1.54, 1.807) is 20.2 Å². The number of aryl methyl sites for hydroxylation is 2. The lowest BCUT2D eigenvalue weighted by molar-refractivity contribution is -0.787. The number of piperidine rings is 1. The minimum absolute atomic E-state index is 0.0710. The Kier molecular flexibility index (Phi) is 7.55. The molecule has 11 heteroatoms. The number of nitrogens with zero attached hydrogens (tertiary/aromatic N) is 3. The molecule has 4 rings (SSSR count). The third-order valence-corrected chi connectivity index (χ3v) is 9.38. The van der Waals surface area contributed by atoms with Crippen molar-refractivity contribution in [2.24, 2.45) is 4.99 Å². The van der Waals surface area contributed by atoms with E-state index in [0.29, 0.717) is 43.7 Å². The molecule has 0 aliphatic carbocycles. The summed E-state index contributed by atoms with van der Waals surface area (Å²) in [5.41, 5.74) is 0.957. The van der Waals surface area contributed by atoms with Gasteiger partial charge in [0.1, 0.15) is 5.84 Å². The van der Waals surface area contributed by atoms with Crippen molar-refractivity contribution >= 4 is 28.6 Å². The average Bonchev–Trinajstić information content (AvgIpc) is 3.19. The third kappa shape index (κ3) is 5.54. The van der Waals surface area contributed by atoms with Gasteiger partial charge in [0, 0.05) is 38.1 Å². The Labute approximate surface area is 222 Å². The van der Waals surface area contributed by atoms with E-state index in [2.05, 4.69) is 10.3 Å². The number of carbonyl (C=O) groups excluding carboxylic acids is 2. The number of amides is 2. The zero-order valence-corrected chi connectivity index (χ0v) is 22.7. The fraction of sp³-hybridized carbons (Fsp3) is 0.444. The second-order valence-corrected chi connectivity index (χ2v) is 12.3. The zero-order valence-electron chi connectivity index (χ0n) is 21.9. The quantitative estimate of drug-likeness (QED) is 0.561. The van der Waals surface area contributed by atoms with Crippen molar-refractivity contribution < 1.29 is 30.9 Å². The molecule has 2 amide bonds. The first kappa shape index (κ1) is 28.0. The number of amidine groups is 1. The van der Waals surface area contributed by atoms with Gasteiger partial charge in [-0.25, -0.2) is 3.89 Å². The van der Waals surface area contributed by atoms with Gasteiger partial charge in [0.2, 0.25) is 11.0 Å². The summed E-state index contributed by atoms with van der Waals surface area (Å²) in [7, 11) is 4.08. The van der Waals surface area contributed by atoms with Gasteiger partial charge in [0.15, 0.2) is 5.54 Å². The van der Waals surface area contributed by atoms with Gasteiger partial charge in [0.05, 0.1) is 31.5 Å². The van der Waals surface area contributed by atoms with Crippen molar-refractivity contribution in [2.75, 3.05) is 40.0 Å². The molecule has 1 atom stereocenters. The maximum atomic E-state index is 13.4. The van der Waals surface area contributed by atoms with Crippen molar-refractivity contribution in [3.05, 3.63) is 70.3 Å². The van der Waals surface area contributed by atoms with E-state index in [-0.39, 0.29) is 27.1 Å². The number of carbonyl (C=O) groups is 2. The Morgan fingerprint density at radius 1 is 1.16 bits per heavy atom. The summed E-state index contributed by atoms with van der Waals surface area (Å²) in [6, 6.07) is 10.3. The number of benzene rings is 2. The van der Waals surface area contributed by atoms with Crippen LogP contribution < -0.4 is 5.32 Å². The number of halogens is 3. The van der Waals surface area contributed by atoms with Crippen LogP contribution in [-0.4, -0.2) is 76.2 Å². The Hall–Kier alpha value is -3.05. The Balaban J connectivity index is 1.41. The van der Waals surface area contributed by atoms with Crippen molar-refractivity contribution in [1.29, 1.82) is 0 Å². The molecule has 2 aromatic rings. The highest BCUT2D eigenvalue weighted by atomic mass is 32.2. The molecule has 0 aromatic heterocycles. The molecule has 1 fully saturated rings. The summed E-state index contributed by atoms with van der Waals surface area (Å²) in [5.74, 6) is 0.171. The number of likely N-dealkylation sites (tertiary alicyclic amines) is 1. The molecule has 0 saturated carbocycles. The van der Waals surface area contributed by atoms with Crippen LogP contribution in [0.25, 0.3) is 0 Å². The molecule has 204 valence electrons. The summed E-state index contributed by atoms with van der Waals surface area (Å²) in [6.07, 6.45) is -3.20. The first-order chi connectivity index (χ1) is 17.7. The van der Waals surface area contributed by atoms with E-state index in [1.807, 2.05) is 26.1 Å². The fourth-order valence-electron chi connectivity index (χ4n) is 4.90. The summed E-state index contributed by atoms with van der Waals surface area (Å²) in [5, 5.41) is 2.67. The predicted octanol–water partition coefficient (Wildman–Crippen LogP) is 3.48. The van der Waals surface area contributed by atoms with Crippen LogP contribution in [0.3, 0.4) is 0 Å². The van der Waals surface area contributed by atoms with Crippen molar-refractivity contribution in [3.8, 4) is 0 Å². The van der Waals surface area contributed by atoms with Gasteiger partial charge in [-0.15, -0.1) is 0 Å². The molecule has 2 aliphatic rings. The SMILES string of the molecule is Cc1cc(C(=O)N(C)C)ccc1CCS(=O)[N+]1(C)CCC2(CC1)N=C(c1cccc(C(F)(F)F)c1)NC2=O. The summed E-state index contributed by atoms with van der Waals surface area (Å²) < 4.78 is 53.0. The highest BCUT2D eigenvalue weighted by molar-refractivity contribution is 7.79. The largest absolute Gasteiger partial charge is 0.416 e. The lowest BCUT2D eigenvalue weighted by Crippen LogP contribution is -2.58. The van der Waals surface area contributed by atoms with E-state index in [4.69, 9.17) is 0 Å². The summed E-state index contributed by atoms with van der Waals surface area (Å²) >= 11 is 0. The number of nitrogens with one attached hydrogen (secondary N) is 1. The normalized spacial score (nSPS) is 24.2. The zero-order chi connectivity index (χ0) is 27.9. The maximum Gasteiger partial charge on any atom is 0.416 e. The second kappa shape index (κ2) is 10.3. The van der Waals surface area contributed by atoms with Crippen LogP contribution in [0.4, 0.5) is 13.2 Å². The first-order valence-electron chi connectivity index (χ1n) is 12.4. The summed E-state index contributed by atoms with van der Waals surface area (Å²) in [4.78, 5) is 31.2. The first-order valence-corrected chi connectivity index (χ1v) is 13.7. The standard InChI is InChI=1S/C27H31F3N4O3S/c1-18-16-21(24(35)33(2)3)9-8-19(18)10-15-38(37)34(4)13-11-26(12-14-34)25(36)31-23(32-26)20-6-5-7-22(17-20)27(28,29)30/h5-9,16-17H,10-15H2,1-4H3/p+1. The third-order valence-electron chi connectivity index (χ3n) is 7.47. The van der Waals surface area contributed by atoms with Gasteiger partial charge in [-0.1, -0.05) is 18.2 Å². The highest BCUT2D eigenvalue weighted by Gasteiger charge is 2.51. The van der Waals surface area contributed by atoms with Gasteiger partial charge in [-0.2, -0.15) is 17.4 Å². The van der Waals surface area contributed by atoms with Crippen LogP contribution in [0.2, 0.25) is 0 Å². The van der Waals surface area contributed by atoms with Crippen LogP contribution in [0.5, 0.6) is 0 Å². The molecule has 1 saturated heterocycles. The monoisotopic (exact) mass is 549 g/mol. The molecule has 1 unspecified atom stereocenters. The minimum atomic E-state index is -4.49. The lowest BCUT2D eigenvalue weighted by atomic mass is 9.88. The lowest BCUT2D eigenvalue weighted by Gasteiger charge is -2.40. The molecule has 0 bridgehead atoms. The van der Waals surface area contributed by atoms with Crippen molar-refractivity contribution in [3.63, 3.8) is 0 Å². The molecular weight excluding hydrogens is 517 g/mol. The van der Waals surface area contributed by atoms with E-state index in [9.17, 15) is 27.0 Å². The van der Waals surface area contributed by atoms with Crippen LogP contribution in [0, 0.1) is 6.92 Å². The summed E-state index contributed by atoms with van der Waals surface area (Å²) in [6.45, 7) is 2.84. The van der Waals surface area contributed by atoms with Crippen LogP contribution in [-0.2, 0) is 28.4 Å². The average molecular weight is 550 g/mol. The van der Waals surface area contributed by atoms with Gasteiger partial charge in [-0.3, -0.25) is 14.6 Å². The Bertz CT molecular complexity index is 1310. The molecule has 2 aromatic carbocycles. The predicted molar refractivity (Wildman–Crippen MR) is 140 cm³/mol. The van der Waals surface area contributed by atoms with Gasteiger partial charge < -0.3 is 10.2 Å². The highest BCUT2D eigenvalue weighted by Crippen LogP contribution is 2.35.